The van der Waals surface area contributed by atoms with Crippen LogP contribution in [-0.4, -0.2) is 47.3 Å². The number of oxazole rings is 1. The Hall–Kier alpha value is -1.44. The van der Waals surface area contributed by atoms with Crippen LogP contribution >= 0.6 is 0 Å². The van der Waals surface area contributed by atoms with Gasteiger partial charge < -0.3 is 9.15 Å². The number of hydrogen-bond donors (Lipinski definition) is 2. The number of aromatic nitrogens is 1. The molecule has 0 aromatic carbocycles. The predicted octanol–water partition coefficient (Wildman–Crippen LogP) is 3.24. The molecule has 27 heavy (non-hydrogen) atoms. The highest BCUT2D eigenvalue weighted by molar-refractivity contribution is 5.75. The molecule has 2 aliphatic rings. The lowest BCUT2D eigenvalue weighted by molar-refractivity contribution is -0.129. The fraction of sp³-hybridized carbons (Fsp3) is 0.800. The Morgan fingerprint density at radius 1 is 1.30 bits per heavy atom. The number of hydrogen-bond acceptors (Lipinski definition) is 6. The Bertz CT molecular complexity index is 565. The number of hydroxylamine groups is 1. The van der Waals surface area contributed by atoms with Gasteiger partial charge >= 0.3 is 0 Å². The lowest BCUT2D eigenvalue weighted by atomic mass is 9.84. The summed E-state index contributed by atoms with van der Waals surface area (Å²) in [4.78, 5) is 18.7. The second kappa shape index (κ2) is 10.8. The van der Waals surface area contributed by atoms with Crippen molar-refractivity contribution in [2.75, 3.05) is 26.3 Å². The summed E-state index contributed by atoms with van der Waals surface area (Å²) < 4.78 is 11.1. The summed E-state index contributed by atoms with van der Waals surface area (Å²) in [6, 6.07) is 0. The van der Waals surface area contributed by atoms with Gasteiger partial charge in [-0.25, -0.2) is 10.5 Å². The van der Waals surface area contributed by atoms with Gasteiger partial charge in [-0.2, -0.15) is 0 Å². The molecule has 3 rings (SSSR count). The number of rotatable bonds is 9. The number of amides is 1. The van der Waals surface area contributed by atoms with E-state index in [-0.39, 0.29) is 18.2 Å². The molecule has 1 amide bonds. The standard InChI is InChI=1S/C20H33N3O4/c24-19(22-25)13-17(8-4-7-16-5-2-1-3-6-16)20-21-18(15-27-20)14-23-9-11-26-12-10-23/h15-17,25H,1-14H2,(H,22,24)/t17-/m0/s1. The van der Waals surface area contributed by atoms with Gasteiger partial charge in [0.2, 0.25) is 5.91 Å². The normalized spacial score (nSPS) is 20.5. The first kappa shape index (κ1) is 20.3. The first-order valence-electron chi connectivity index (χ1n) is 10.4. The van der Waals surface area contributed by atoms with E-state index in [4.69, 9.17) is 14.4 Å². The highest BCUT2D eigenvalue weighted by Gasteiger charge is 2.23. The van der Waals surface area contributed by atoms with Gasteiger partial charge in [-0.1, -0.05) is 44.9 Å². The lowest BCUT2D eigenvalue weighted by Crippen LogP contribution is -2.35. The molecule has 1 aliphatic heterocycles. The van der Waals surface area contributed by atoms with E-state index in [9.17, 15) is 4.79 Å². The molecule has 1 saturated heterocycles. The molecule has 0 unspecified atom stereocenters. The Morgan fingerprint density at radius 2 is 2.07 bits per heavy atom. The van der Waals surface area contributed by atoms with Crippen molar-refractivity contribution in [1.29, 1.82) is 0 Å². The summed E-state index contributed by atoms with van der Waals surface area (Å²) in [6.07, 6.45) is 11.8. The maximum atomic E-state index is 11.7. The fourth-order valence-corrected chi connectivity index (χ4v) is 4.28. The molecular formula is C20H33N3O4. The van der Waals surface area contributed by atoms with Crippen LogP contribution in [0, 0.1) is 5.92 Å². The van der Waals surface area contributed by atoms with Crippen molar-refractivity contribution in [3.05, 3.63) is 17.8 Å². The molecule has 2 heterocycles. The zero-order valence-electron chi connectivity index (χ0n) is 16.2. The minimum Gasteiger partial charge on any atom is -0.448 e. The molecule has 2 N–H and O–H groups in total. The van der Waals surface area contributed by atoms with Crippen molar-refractivity contribution in [1.82, 2.24) is 15.4 Å². The van der Waals surface area contributed by atoms with E-state index in [2.05, 4.69) is 9.88 Å². The van der Waals surface area contributed by atoms with Gasteiger partial charge in [0.05, 0.1) is 18.9 Å². The van der Waals surface area contributed by atoms with Gasteiger partial charge in [-0.3, -0.25) is 14.9 Å². The number of carbonyl (C=O) groups excluding carboxylic acids is 1. The molecule has 1 atom stereocenters. The Labute approximate surface area is 161 Å². The minimum absolute atomic E-state index is 0.0841. The van der Waals surface area contributed by atoms with Gasteiger partial charge in [0.1, 0.15) is 6.26 Å². The second-order valence-electron chi connectivity index (χ2n) is 7.94. The molecule has 1 aliphatic carbocycles. The maximum absolute atomic E-state index is 11.7. The molecule has 1 saturated carbocycles. The highest BCUT2D eigenvalue weighted by atomic mass is 16.5. The van der Waals surface area contributed by atoms with Crippen molar-refractivity contribution in [2.45, 2.75) is 70.3 Å². The van der Waals surface area contributed by atoms with Gasteiger partial charge in [0, 0.05) is 32.0 Å². The Kier molecular flexibility index (Phi) is 8.10. The third kappa shape index (κ3) is 6.59. The quantitative estimate of drug-likeness (QED) is 0.506. The smallest absolute Gasteiger partial charge is 0.244 e. The van der Waals surface area contributed by atoms with E-state index in [1.165, 1.54) is 38.5 Å². The number of nitrogens with one attached hydrogen (secondary N) is 1. The lowest BCUT2D eigenvalue weighted by Gasteiger charge is -2.25. The summed E-state index contributed by atoms with van der Waals surface area (Å²) in [5, 5.41) is 8.91. The SMILES string of the molecule is O=C(C[C@H](CCCC1CCCCC1)c1nc(CN2CCOCC2)co1)NO. The van der Waals surface area contributed by atoms with Crippen LogP contribution in [-0.2, 0) is 16.1 Å². The zero-order valence-corrected chi connectivity index (χ0v) is 16.2. The summed E-state index contributed by atoms with van der Waals surface area (Å²) in [6.45, 7) is 4.06. The summed E-state index contributed by atoms with van der Waals surface area (Å²) >= 11 is 0. The van der Waals surface area contributed by atoms with E-state index < -0.39 is 0 Å². The molecule has 2 fully saturated rings. The third-order valence-electron chi connectivity index (χ3n) is 5.85. The van der Waals surface area contributed by atoms with E-state index in [1.54, 1.807) is 11.7 Å². The molecule has 7 heteroatoms. The van der Waals surface area contributed by atoms with E-state index in [1.807, 2.05) is 0 Å². The first-order valence-corrected chi connectivity index (χ1v) is 10.4. The molecule has 152 valence electrons. The largest absolute Gasteiger partial charge is 0.448 e. The zero-order chi connectivity index (χ0) is 18.9. The predicted molar refractivity (Wildman–Crippen MR) is 100 cm³/mol. The highest BCUT2D eigenvalue weighted by Crippen LogP contribution is 2.31. The van der Waals surface area contributed by atoms with Crippen LogP contribution < -0.4 is 5.48 Å². The van der Waals surface area contributed by atoms with Crippen LogP contribution in [0.25, 0.3) is 0 Å². The molecular weight excluding hydrogens is 346 g/mol. The van der Waals surface area contributed by atoms with Crippen LogP contribution in [0.5, 0.6) is 0 Å². The number of nitrogens with zero attached hydrogens (tertiary/aromatic N) is 2. The van der Waals surface area contributed by atoms with E-state index in [0.29, 0.717) is 5.89 Å². The molecule has 0 spiro atoms. The molecule has 1 aromatic heterocycles. The summed E-state index contributed by atoms with van der Waals surface area (Å²) in [5.74, 6) is 0.975. The van der Waals surface area contributed by atoms with Gasteiger partial charge in [0.15, 0.2) is 5.89 Å². The number of morpholine rings is 1. The minimum atomic E-state index is -0.384. The Balaban J connectivity index is 1.53. The maximum Gasteiger partial charge on any atom is 0.244 e. The molecule has 0 bridgehead atoms. The van der Waals surface area contributed by atoms with Crippen LogP contribution in [0.1, 0.15) is 75.3 Å². The van der Waals surface area contributed by atoms with Crippen molar-refractivity contribution >= 4 is 5.91 Å². The molecule has 1 aromatic rings. The monoisotopic (exact) mass is 379 g/mol. The third-order valence-corrected chi connectivity index (χ3v) is 5.85. The van der Waals surface area contributed by atoms with E-state index in [0.717, 1.165) is 57.3 Å². The van der Waals surface area contributed by atoms with Crippen LogP contribution in [0.2, 0.25) is 0 Å². The summed E-state index contributed by atoms with van der Waals surface area (Å²) in [5.41, 5.74) is 2.64. The average molecular weight is 380 g/mol. The van der Waals surface area contributed by atoms with Crippen molar-refractivity contribution in [3.8, 4) is 0 Å². The van der Waals surface area contributed by atoms with Crippen molar-refractivity contribution in [2.24, 2.45) is 5.92 Å². The van der Waals surface area contributed by atoms with Crippen molar-refractivity contribution < 1.29 is 19.2 Å². The average Bonchev–Trinajstić information content (AvgIpc) is 3.17. The van der Waals surface area contributed by atoms with Crippen molar-refractivity contribution in [3.63, 3.8) is 0 Å². The molecule has 0 radical (unpaired) electrons. The second-order valence-corrected chi connectivity index (χ2v) is 7.94. The summed E-state index contributed by atoms with van der Waals surface area (Å²) in [7, 11) is 0. The fourth-order valence-electron chi connectivity index (χ4n) is 4.28. The first-order chi connectivity index (χ1) is 13.2. The van der Waals surface area contributed by atoms with Gasteiger partial charge in [-0.15, -0.1) is 0 Å². The topological polar surface area (TPSA) is 87.8 Å². The van der Waals surface area contributed by atoms with Gasteiger partial charge in [0.25, 0.3) is 0 Å². The molecule has 7 nitrogen and oxygen atoms in total. The van der Waals surface area contributed by atoms with Gasteiger partial charge in [-0.05, 0) is 12.3 Å². The van der Waals surface area contributed by atoms with Crippen LogP contribution in [0.4, 0.5) is 0 Å². The Morgan fingerprint density at radius 3 is 2.81 bits per heavy atom. The number of ether oxygens (including phenoxy) is 1. The van der Waals surface area contributed by atoms with Crippen LogP contribution in [0.3, 0.4) is 0 Å². The number of carbonyl (C=O) groups is 1. The van der Waals surface area contributed by atoms with E-state index >= 15 is 0 Å². The van der Waals surface area contributed by atoms with Crippen LogP contribution in [0.15, 0.2) is 10.7 Å².